The molecule has 3 amide bonds. The summed E-state index contributed by atoms with van der Waals surface area (Å²) in [5.74, 6) is -1.64. The van der Waals surface area contributed by atoms with Gasteiger partial charge in [-0.05, 0) is 44.5 Å². The maximum atomic E-state index is 11.9. The van der Waals surface area contributed by atoms with Crippen molar-refractivity contribution >= 4 is 29.1 Å². The van der Waals surface area contributed by atoms with Crippen LogP contribution < -0.4 is 20.9 Å². The maximum Gasteiger partial charge on any atom is 0.313 e. The maximum absolute atomic E-state index is 11.9. The number of amides is 3. The zero-order valence-corrected chi connectivity index (χ0v) is 14.7. The van der Waals surface area contributed by atoms with Crippen molar-refractivity contribution in [3.05, 3.63) is 23.8 Å². The number of nitrogens with zero attached hydrogens (tertiary/aromatic N) is 1. The van der Waals surface area contributed by atoms with Crippen LogP contribution in [0, 0.1) is 6.92 Å². The lowest BCUT2D eigenvalue weighted by Gasteiger charge is -2.22. The van der Waals surface area contributed by atoms with Gasteiger partial charge < -0.3 is 20.9 Å². The third-order valence-corrected chi connectivity index (χ3v) is 3.58. The van der Waals surface area contributed by atoms with E-state index in [1.807, 2.05) is 19.1 Å². The molecule has 0 spiro atoms. The smallest absolute Gasteiger partial charge is 0.313 e. The van der Waals surface area contributed by atoms with Gasteiger partial charge in [0.1, 0.15) is 0 Å². The normalized spacial score (nSPS) is 10.0. The SMILES string of the molecule is CCN(CC)c1ccc(NC(=O)C(=O)NCCNC(C)=O)c(C)c1. The number of hydrogen-bond donors (Lipinski definition) is 3. The quantitative estimate of drug-likeness (QED) is 0.513. The van der Waals surface area contributed by atoms with Gasteiger partial charge in [0.15, 0.2) is 0 Å². The van der Waals surface area contributed by atoms with E-state index in [0.717, 1.165) is 24.3 Å². The van der Waals surface area contributed by atoms with E-state index in [1.54, 1.807) is 6.07 Å². The number of hydrogen-bond acceptors (Lipinski definition) is 4. The molecule has 0 aliphatic rings. The average Bonchev–Trinajstić information content (AvgIpc) is 2.54. The summed E-state index contributed by atoms with van der Waals surface area (Å²) in [5.41, 5.74) is 2.57. The van der Waals surface area contributed by atoms with Crippen LogP contribution in [0.15, 0.2) is 18.2 Å². The van der Waals surface area contributed by atoms with Gasteiger partial charge in [-0.2, -0.15) is 0 Å². The van der Waals surface area contributed by atoms with E-state index in [9.17, 15) is 14.4 Å². The third-order valence-electron chi connectivity index (χ3n) is 3.58. The Balaban J connectivity index is 2.60. The Morgan fingerprint density at radius 3 is 2.17 bits per heavy atom. The van der Waals surface area contributed by atoms with Gasteiger partial charge in [0.05, 0.1) is 0 Å². The minimum Gasteiger partial charge on any atom is -0.372 e. The van der Waals surface area contributed by atoms with Gasteiger partial charge >= 0.3 is 11.8 Å². The second-order valence-electron chi connectivity index (χ2n) is 5.36. The molecule has 0 aliphatic heterocycles. The van der Waals surface area contributed by atoms with Crippen molar-refractivity contribution in [1.82, 2.24) is 10.6 Å². The fourth-order valence-electron chi connectivity index (χ4n) is 2.25. The molecule has 0 bridgehead atoms. The molecule has 1 rings (SSSR count). The largest absolute Gasteiger partial charge is 0.372 e. The number of anilines is 2. The molecule has 132 valence electrons. The van der Waals surface area contributed by atoms with E-state index in [1.165, 1.54) is 6.92 Å². The number of carbonyl (C=O) groups excluding carboxylic acids is 3. The van der Waals surface area contributed by atoms with Crippen LogP contribution in [0.5, 0.6) is 0 Å². The summed E-state index contributed by atoms with van der Waals surface area (Å²) in [6.45, 7) is 9.73. The van der Waals surface area contributed by atoms with E-state index in [-0.39, 0.29) is 19.0 Å². The van der Waals surface area contributed by atoms with Gasteiger partial charge in [-0.3, -0.25) is 14.4 Å². The number of carbonyl (C=O) groups is 3. The van der Waals surface area contributed by atoms with Gasteiger partial charge in [-0.15, -0.1) is 0 Å². The predicted molar refractivity (Wildman–Crippen MR) is 95.1 cm³/mol. The van der Waals surface area contributed by atoms with Crippen LogP contribution in [0.4, 0.5) is 11.4 Å². The van der Waals surface area contributed by atoms with Crippen molar-refractivity contribution in [2.24, 2.45) is 0 Å². The molecule has 1 aromatic rings. The Morgan fingerprint density at radius 2 is 1.62 bits per heavy atom. The predicted octanol–water partition coefficient (Wildman–Crippen LogP) is 1.03. The van der Waals surface area contributed by atoms with E-state index in [4.69, 9.17) is 0 Å². The van der Waals surface area contributed by atoms with Crippen molar-refractivity contribution in [2.45, 2.75) is 27.7 Å². The minimum absolute atomic E-state index is 0.183. The molecular weight excluding hydrogens is 308 g/mol. The van der Waals surface area contributed by atoms with Crippen LogP contribution in [-0.4, -0.2) is 43.9 Å². The van der Waals surface area contributed by atoms with Crippen LogP contribution in [-0.2, 0) is 14.4 Å². The zero-order chi connectivity index (χ0) is 18.1. The monoisotopic (exact) mass is 334 g/mol. The summed E-state index contributed by atoms with van der Waals surface area (Å²) < 4.78 is 0. The second-order valence-corrected chi connectivity index (χ2v) is 5.36. The lowest BCUT2D eigenvalue weighted by Crippen LogP contribution is -2.39. The molecule has 0 saturated carbocycles. The first-order valence-electron chi connectivity index (χ1n) is 8.08. The van der Waals surface area contributed by atoms with Gasteiger partial charge in [0, 0.05) is 44.5 Å². The molecule has 0 fully saturated rings. The number of aryl methyl sites for hydroxylation is 1. The van der Waals surface area contributed by atoms with Crippen molar-refractivity contribution in [2.75, 3.05) is 36.4 Å². The molecule has 7 heteroatoms. The van der Waals surface area contributed by atoms with Crippen molar-refractivity contribution in [1.29, 1.82) is 0 Å². The molecule has 24 heavy (non-hydrogen) atoms. The number of benzene rings is 1. The van der Waals surface area contributed by atoms with Gasteiger partial charge in [-0.1, -0.05) is 0 Å². The Hall–Kier alpha value is -2.57. The van der Waals surface area contributed by atoms with Crippen molar-refractivity contribution in [3.8, 4) is 0 Å². The molecule has 7 nitrogen and oxygen atoms in total. The van der Waals surface area contributed by atoms with Crippen LogP contribution in [0.1, 0.15) is 26.3 Å². The first-order valence-corrected chi connectivity index (χ1v) is 8.08. The van der Waals surface area contributed by atoms with Crippen LogP contribution in [0.3, 0.4) is 0 Å². The molecule has 0 heterocycles. The number of rotatable bonds is 7. The molecule has 0 atom stereocenters. The van der Waals surface area contributed by atoms with Crippen LogP contribution in [0.2, 0.25) is 0 Å². The lowest BCUT2D eigenvalue weighted by molar-refractivity contribution is -0.136. The number of nitrogens with one attached hydrogen (secondary N) is 3. The fraction of sp³-hybridized carbons (Fsp3) is 0.471. The third kappa shape index (κ3) is 5.91. The van der Waals surface area contributed by atoms with Crippen molar-refractivity contribution < 1.29 is 14.4 Å². The molecule has 0 radical (unpaired) electrons. The standard InChI is InChI=1S/C17H26N4O3/c1-5-21(6-2)14-7-8-15(12(3)11-14)20-17(24)16(23)19-10-9-18-13(4)22/h7-8,11H,5-6,9-10H2,1-4H3,(H,18,22)(H,19,23)(H,20,24). The average molecular weight is 334 g/mol. The van der Waals surface area contributed by atoms with Crippen molar-refractivity contribution in [3.63, 3.8) is 0 Å². The van der Waals surface area contributed by atoms with E-state index >= 15 is 0 Å². The molecule has 0 saturated heterocycles. The van der Waals surface area contributed by atoms with Gasteiger partial charge in [0.25, 0.3) is 0 Å². The highest BCUT2D eigenvalue weighted by Crippen LogP contribution is 2.22. The van der Waals surface area contributed by atoms with Gasteiger partial charge in [-0.25, -0.2) is 0 Å². The highest BCUT2D eigenvalue weighted by molar-refractivity contribution is 6.39. The molecule has 0 aromatic heterocycles. The fourth-order valence-corrected chi connectivity index (χ4v) is 2.25. The Morgan fingerprint density at radius 1 is 1.00 bits per heavy atom. The Bertz CT molecular complexity index is 597. The molecule has 3 N–H and O–H groups in total. The minimum atomic E-state index is -0.729. The first-order chi connectivity index (χ1) is 11.4. The van der Waals surface area contributed by atoms with Gasteiger partial charge in [0.2, 0.25) is 5.91 Å². The second kappa shape index (κ2) is 9.54. The Labute approximate surface area is 142 Å². The van der Waals surface area contributed by atoms with Crippen LogP contribution in [0.25, 0.3) is 0 Å². The Kier molecular flexibility index (Phi) is 7.74. The highest BCUT2D eigenvalue weighted by Gasteiger charge is 2.14. The molecular formula is C17H26N4O3. The topological polar surface area (TPSA) is 90.5 Å². The lowest BCUT2D eigenvalue weighted by atomic mass is 10.1. The molecule has 1 aromatic carbocycles. The molecule has 0 aliphatic carbocycles. The van der Waals surface area contributed by atoms with Crippen LogP contribution >= 0.6 is 0 Å². The summed E-state index contributed by atoms with van der Waals surface area (Å²) in [4.78, 5) is 36.5. The zero-order valence-electron chi connectivity index (χ0n) is 14.7. The molecule has 0 unspecified atom stereocenters. The summed E-state index contributed by atoms with van der Waals surface area (Å²) in [6.07, 6.45) is 0. The highest BCUT2D eigenvalue weighted by atomic mass is 16.2. The summed E-state index contributed by atoms with van der Waals surface area (Å²) in [7, 11) is 0. The summed E-state index contributed by atoms with van der Waals surface area (Å²) in [6, 6.07) is 5.70. The van der Waals surface area contributed by atoms with E-state index < -0.39 is 11.8 Å². The van der Waals surface area contributed by atoms with E-state index in [0.29, 0.717) is 5.69 Å². The summed E-state index contributed by atoms with van der Waals surface area (Å²) in [5, 5.41) is 7.59. The summed E-state index contributed by atoms with van der Waals surface area (Å²) >= 11 is 0. The van der Waals surface area contributed by atoms with E-state index in [2.05, 4.69) is 34.7 Å². The first kappa shape index (κ1) is 19.5.